The summed E-state index contributed by atoms with van der Waals surface area (Å²) in [6.45, 7) is 2.39. The number of carbonyl (C=O) groups is 2. The fraction of sp³-hybridized carbons (Fsp3) is 0.261. The normalized spacial score (nSPS) is 16.9. The van der Waals surface area contributed by atoms with Crippen LogP contribution in [0, 0.1) is 0 Å². The standard InChI is InChI=1S/C23H24N4O3/c28-21(26-19-10-4-8-18-9-5-11-24-22(18)19)14-25-23(29)20-16-27(12-13-30-20)15-17-6-2-1-3-7-17/h1-11,20H,12-16H2,(H,25,29)(H,26,28). The van der Waals surface area contributed by atoms with Crippen molar-refractivity contribution < 1.29 is 14.3 Å². The van der Waals surface area contributed by atoms with Gasteiger partial charge in [-0.25, -0.2) is 0 Å². The summed E-state index contributed by atoms with van der Waals surface area (Å²) in [6.07, 6.45) is 1.09. The fourth-order valence-electron chi connectivity index (χ4n) is 3.53. The molecule has 30 heavy (non-hydrogen) atoms. The summed E-state index contributed by atoms with van der Waals surface area (Å²) in [5, 5.41) is 6.44. The molecule has 2 heterocycles. The van der Waals surface area contributed by atoms with Crippen molar-refractivity contribution in [2.45, 2.75) is 12.6 Å². The first-order chi connectivity index (χ1) is 14.7. The van der Waals surface area contributed by atoms with Crippen LogP contribution in [0.4, 0.5) is 5.69 Å². The van der Waals surface area contributed by atoms with Gasteiger partial charge in [0.25, 0.3) is 5.91 Å². The summed E-state index contributed by atoms with van der Waals surface area (Å²) in [4.78, 5) is 31.4. The van der Waals surface area contributed by atoms with Gasteiger partial charge in [-0.05, 0) is 17.7 Å². The highest BCUT2D eigenvalue weighted by Crippen LogP contribution is 2.20. The van der Waals surface area contributed by atoms with E-state index < -0.39 is 6.10 Å². The number of carbonyl (C=O) groups excluding carboxylic acids is 2. The summed E-state index contributed by atoms with van der Waals surface area (Å²) in [5.74, 6) is -0.586. The van der Waals surface area contributed by atoms with Crippen molar-refractivity contribution >= 4 is 28.4 Å². The van der Waals surface area contributed by atoms with Gasteiger partial charge in [0.05, 0.1) is 24.4 Å². The highest BCUT2D eigenvalue weighted by Gasteiger charge is 2.26. The number of hydrogen-bond acceptors (Lipinski definition) is 5. The van der Waals surface area contributed by atoms with Gasteiger partial charge >= 0.3 is 0 Å². The monoisotopic (exact) mass is 404 g/mol. The number of para-hydroxylation sites is 1. The van der Waals surface area contributed by atoms with E-state index in [2.05, 4.69) is 32.7 Å². The predicted molar refractivity (Wildman–Crippen MR) is 115 cm³/mol. The second kappa shape index (κ2) is 9.47. The molecule has 3 aromatic rings. The lowest BCUT2D eigenvalue weighted by Gasteiger charge is -2.32. The van der Waals surface area contributed by atoms with Gasteiger partial charge in [0.1, 0.15) is 6.10 Å². The lowest BCUT2D eigenvalue weighted by Crippen LogP contribution is -2.50. The molecule has 0 spiro atoms. The number of fused-ring (bicyclic) bond motifs is 1. The van der Waals surface area contributed by atoms with Gasteiger partial charge in [-0.3, -0.25) is 19.5 Å². The maximum absolute atomic E-state index is 12.5. The van der Waals surface area contributed by atoms with E-state index in [1.165, 1.54) is 5.56 Å². The van der Waals surface area contributed by atoms with E-state index in [1.807, 2.05) is 42.5 Å². The Bertz CT molecular complexity index is 1020. The van der Waals surface area contributed by atoms with Crippen molar-refractivity contribution in [3.8, 4) is 0 Å². The van der Waals surface area contributed by atoms with Gasteiger partial charge in [0.15, 0.2) is 0 Å². The molecule has 1 saturated heterocycles. The van der Waals surface area contributed by atoms with Crippen LogP contribution in [0.1, 0.15) is 5.56 Å². The van der Waals surface area contributed by atoms with Gasteiger partial charge in [-0.2, -0.15) is 0 Å². The number of benzene rings is 2. The van der Waals surface area contributed by atoms with Crippen LogP contribution in [0.15, 0.2) is 66.9 Å². The highest BCUT2D eigenvalue weighted by molar-refractivity contribution is 6.01. The van der Waals surface area contributed by atoms with Gasteiger partial charge in [0.2, 0.25) is 5.91 Å². The number of rotatable bonds is 6. The van der Waals surface area contributed by atoms with E-state index in [-0.39, 0.29) is 18.4 Å². The molecule has 1 aliphatic heterocycles. The second-order valence-electron chi connectivity index (χ2n) is 7.23. The zero-order chi connectivity index (χ0) is 20.8. The predicted octanol–water partition coefficient (Wildman–Crippen LogP) is 2.19. The van der Waals surface area contributed by atoms with E-state index in [9.17, 15) is 9.59 Å². The van der Waals surface area contributed by atoms with Crippen molar-refractivity contribution in [2.75, 3.05) is 31.6 Å². The van der Waals surface area contributed by atoms with Gasteiger partial charge in [-0.15, -0.1) is 0 Å². The number of hydrogen-bond donors (Lipinski definition) is 2. The van der Waals surface area contributed by atoms with Gasteiger partial charge in [0, 0.05) is 31.2 Å². The zero-order valence-electron chi connectivity index (χ0n) is 16.6. The number of anilines is 1. The Labute approximate surface area is 175 Å². The Hall–Kier alpha value is -3.29. The highest BCUT2D eigenvalue weighted by atomic mass is 16.5. The van der Waals surface area contributed by atoms with Crippen molar-refractivity contribution in [3.05, 3.63) is 72.4 Å². The zero-order valence-corrected chi connectivity index (χ0v) is 16.6. The van der Waals surface area contributed by atoms with Crippen molar-refractivity contribution in [3.63, 3.8) is 0 Å². The summed E-state index contributed by atoms with van der Waals surface area (Å²) >= 11 is 0. The fourth-order valence-corrected chi connectivity index (χ4v) is 3.53. The first-order valence-electron chi connectivity index (χ1n) is 9.98. The van der Waals surface area contributed by atoms with E-state index in [4.69, 9.17) is 4.74 Å². The van der Waals surface area contributed by atoms with Crippen molar-refractivity contribution in [1.82, 2.24) is 15.2 Å². The van der Waals surface area contributed by atoms with E-state index in [1.54, 1.807) is 12.3 Å². The third kappa shape index (κ3) is 5.00. The maximum Gasteiger partial charge on any atom is 0.250 e. The molecule has 0 saturated carbocycles. The summed E-state index contributed by atoms with van der Waals surface area (Å²) in [7, 11) is 0. The van der Waals surface area contributed by atoms with Crippen LogP contribution in [0.3, 0.4) is 0 Å². The maximum atomic E-state index is 12.5. The van der Waals surface area contributed by atoms with Crippen LogP contribution in [-0.2, 0) is 20.9 Å². The Morgan fingerprint density at radius 3 is 2.77 bits per heavy atom. The van der Waals surface area contributed by atoms with Crippen LogP contribution in [0.2, 0.25) is 0 Å². The van der Waals surface area contributed by atoms with E-state index >= 15 is 0 Å². The van der Waals surface area contributed by atoms with Crippen LogP contribution < -0.4 is 10.6 Å². The number of morpholine rings is 1. The molecule has 1 atom stereocenters. The molecule has 1 fully saturated rings. The number of nitrogens with zero attached hydrogens (tertiary/aromatic N) is 2. The Kier molecular flexibility index (Phi) is 6.32. The van der Waals surface area contributed by atoms with E-state index in [0.29, 0.717) is 24.4 Å². The molecule has 7 heteroatoms. The second-order valence-corrected chi connectivity index (χ2v) is 7.23. The van der Waals surface area contributed by atoms with Crippen LogP contribution in [-0.4, -0.2) is 54.0 Å². The number of ether oxygens (including phenoxy) is 1. The number of aromatic nitrogens is 1. The molecule has 0 bridgehead atoms. The summed E-state index contributed by atoms with van der Waals surface area (Å²) < 4.78 is 5.62. The largest absolute Gasteiger partial charge is 0.366 e. The minimum absolute atomic E-state index is 0.124. The minimum atomic E-state index is -0.588. The Morgan fingerprint density at radius 2 is 1.90 bits per heavy atom. The SMILES string of the molecule is O=C(CNC(=O)C1CN(Cc2ccccc2)CCO1)Nc1cccc2cccnc12. The summed E-state index contributed by atoms with van der Waals surface area (Å²) in [5.41, 5.74) is 2.53. The molecule has 154 valence electrons. The third-order valence-electron chi connectivity index (χ3n) is 5.02. The molecule has 0 aliphatic carbocycles. The molecule has 1 unspecified atom stereocenters. The molecular formula is C23H24N4O3. The average Bonchev–Trinajstić information content (AvgIpc) is 2.78. The molecule has 2 N–H and O–H groups in total. The molecule has 2 amide bonds. The number of nitrogens with one attached hydrogen (secondary N) is 2. The first-order valence-corrected chi connectivity index (χ1v) is 9.98. The molecule has 4 rings (SSSR count). The van der Waals surface area contributed by atoms with Crippen LogP contribution in [0.25, 0.3) is 10.9 Å². The summed E-state index contributed by atoms with van der Waals surface area (Å²) in [6, 6.07) is 19.5. The molecule has 7 nitrogen and oxygen atoms in total. The molecule has 2 aromatic carbocycles. The van der Waals surface area contributed by atoms with Crippen molar-refractivity contribution in [1.29, 1.82) is 0 Å². The topological polar surface area (TPSA) is 83.6 Å². The van der Waals surface area contributed by atoms with Gasteiger partial charge < -0.3 is 15.4 Å². The van der Waals surface area contributed by atoms with E-state index in [0.717, 1.165) is 18.5 Å². The molecule has 1 aliphatic rings. The lowest BCUT2D eigenvalue weighted by molar-refractivity contribution is -0.139. The van der Waals surface area contributed by atoms with Crippen LogP contribution >= 0.6 is 0 Å². The third-order valence-corrected chi connectivity index (χ3v) is 5.02. The lowest BCUT2D eigenvalue weighted by atomic mass is 10.2. The van der Waals surface area contributed by atoms with Crippen LogP contribution in [0.5, 0.6) is 0 Å². The molecule has 0 radical (unpaired) electrons. The Balaban J connectivity index is 1.29. The number of pyridine rings is 1. The van der Waals surface area contributed by atoms with Crippen molar-refractivity contribution in [2.24, 2.45) is 0 Å². The Morgan fingerprint density at radius 1 is 1.07 bits per heavy atom. The quantitative estimate of drug-likeness (QED) is 0.658. The number of amides is 2. The average molecular weight is 404 g/mol. The smallest absolute Gasteiger partial charge is 0.250 e. The van der Waals surface area contributed by atoms with Gasteiger partial charge in [-0.1, -0.05) is 48.5 Å². The first kappa shape index (κ1) is 20.0. The molecule has 1 aromatic heterocycles. The minimum Gasteiger partial charge on any atom is -0.366 e. The molecular weight excluding hydrogens is 380 g/mol.